The van der Waals surface area contributed by atoms with Gasteiger partial charge in [0.15, 0.2) is 0 Å². The van der Waals surface area contributed by atoms with Crippen LogP contribution in [0.25, 0.3) is 0 Å². The zero-order valence-electron chi connectivity index (χ0n) is 18.4. The number of carbonyl (C=O) groups excluding carboxylic acids is 3. The third kappa shape index (κ3) is 13.3. The molecule has 162 valence electrons. The number of rotatable bonds is 14. The molecule has 0 saturated carbocycles. The van der Waals surface area contributed by atoms with E-state index in [0.29, 0.717) is 26.0 Å². The minimum Gasteiger partial charge on any atom is -0.464 e. The van der Waals surface area contributed by atoms with Gasteiger partial charge in [-0.25, -0.2) is 0 Å². The first kappa shape index (κ1) is 27.0. The van der Waals surface area contributed by atoms with Gasteiger partial charge in [0.25, 0.3) is 0 Å². The number of carbonyl (C=O) groups is 3. The molecule has 5 nitrogen and oxygen atoms in total. The van der Waals surface area contributed by atoms with E-state index < -0.39 is 0 Å². The van der Waals surface area contributed by atoms with Crippen LogP contribution >= 0.6 is 21.6 Å². The van der Waals surface area contributed by atoms with Crippen molar-refractivity contribution in [3.8, 4) is 0 Å². The molecule has 0 fully saturated rings. The molecule has 0 heterocycles. The Morgan fingerprint density at radius 3 is 2.32 bits per heavy atom. The highest BCUT2D eigenvalue weighted by atomic mass is 33.1. The van der Waals surface area contributed by atoms with Gasteiger partial charge in [0.2, 0.25) is 5.91 Å². The lowest BCUT2D eigenvalue weighted by molar-refractivity contribution is -0.147. The van der Waals surface area contributed by atoms with Gasteiger partial charge in [-0.3, -0.25) is 14.4 Å². The molecule has 0 saturated heterocycles. The fraction of sp³-hybridized carbons (Fsp3) is 0.762. The number of hydrogen-bond acceptors (Lipinski definition) is 6. The Labute approximate surface area is 178 Å². The van der Waals surface area contributed by atoms with E-state index in [0.717, 1.165) is 6.42 Å². The quantitative estimate of drug-likeness (QED) is 0.242. The Bertz CT molecular complexity index is 532. The number of Topliss-reactive ketones (excluding diaryl/α,β-unsaturated/α-hetero) is 1. The van der Waals surface area contributed by atoms with Gasteiger partial charge in [-0.1, -0.05) is 54.5 Å². The van der Waals surface area contributed by atoms with Crippen LogP contribution in [-0.4, -0.2) is 40.8 Å². The zero-order valence-corrected chi connectivity index (χ0v) is 20.0. The maximum atomic E-state index is 12.0. The van der Waals surface area contributed by atoms with Crippen molar-refractivity contribution in [1.29, 1.82) is 0 Å². The monoisotopic (exact) mass is 431 g/mol. The van der Waals surface area contributed by atoms with Crippen molar-refractivity contribution in [3.63, 3.8) is 0 Å². The third-order valence-electron chi connectivity index (χ3n) is 4.01. The molecule has 2 atom stereocenters. The van der Waals surface area contributed by atoms with Gasteiger partial charge in [0, 0.05) is 35.3 Å². The van der Waals surface area contributed by atoms with Gasteiger partial charge in [-0.2, -0.15) is 0 Å². The second kappa shape index (κ2) is 14.1. The number of esters is 1. The predicted molar refractivity (Wildman–Crippen MR) is 120 cm³/mol. The average molecular weight is 432 g/mol. The fourth-order valence-corrected chi connectivity index (χ4v) is 4.52. The van der Waals surface area contributed by atoms with Crippen molar-refractivity contribution in [2.45, 2.75) is 77.7 Å². The van der Waals surface area contributed by atoms with Crippen molar-refractivity contribution in [3.05, 3.63) is 12.2 Å². The molecule has 0 aromatic heterocycles. The summed E-state index contributed by atoms with van der Waals surface area (Å²) in [5.74, 6) is -0.272. The van der Waals surface area contributed by atoms with Gasteiger partial charge in [0.05, 0.1) is 5.92 Å². The van der Waals surface area contributed by atoms with Crippen molar-refractivity contribution in [2.75, 3.05) is 13.2 Å². The third-order valence-corrected chi connectivity index (χ3v) is 7.85. The lowest BCUT2D eigenvalue weighted by Crippen LogP contribution is -2.28. The van der Waals surface area contributed by atoms with Crippen LogP contribution in [0.15, 0.2) is 12.2 Å². The first-order chi connectivity index (χ1) is 13.0. The number of allylic oxidation sites excluding steroid dienone is 2. The summed E-state index contributed by atoms with van der Waals surface area (Å²) in [6.07, 6.45) is 5.26. The fourth-order valence-electron chi connectivity index (χ4n) is 2.10. The highest BCUT2D eigenvalue weighted by Crippen LogP contribution is 2.41. The smallest absolute Gasteiger partial charge is 0.308 e. The summed E-state index contributed by atoms with van der Waals surface area (Å²) in [5, 5.41) is 3.02. The van der Waals surface area contributed by atoms with E-state index in [1.54, 1.807) is 21.6 Å². The Morgan fingerprint density at radius 1 is 1.11 bits per heavy atom. The van der Waals surface area contributed by atoms with E-state index >= 15 is 0 Å². The molecule has 0 aromatic rings. The standard InChI is InChI=1S/C21H37NO4S2/c1-8-9-16(4)18(23)11-13-22-19(24)10-12-21(6,7)28-27-17(5)14-26-20(25)15(2)3/h8-9,15-17H,10-14H2,1-7H3,(H,22,24). The summed E-state index contributed by atoms with van der Waals surface area (Å²) in [6.45, 7) is 14.4. The summed E-state index contributed by atoms with van der Waals surface area (Å²) >= 11 is 0. The molecule has 0 rings (SSSR count). The average Bonchev–Trinajstić information content (AvgIpc) is 2.62. The topological polar surface area (TPSA) is 72.5 Å². The molecule has 0 bridgehead atoms. The molecule has 1 amide bonds. The molecular formula is C21H37NO4S2. The summed E-state index contributed by atoms with van der Waals surface area (Å²) in [5.41, 5.74) is 0. The van der Waals surface area contributed by atoms with Crippen LogP contribution in [0.3, 0.4) is 0 Å². The first-order valence-electron chi connectivity index (χ1n) is 9.91. The second-order valence-corrected chi connectivity index (χ2v) is 11.3. The predicted octanol–water partition coefficient (Wildman–Crippen LogP) is 4.80. The summed E-state index contributed by atoms with van der Waals surface area (Å²) < 4.78 is 5.18. The van der Waals surface area contributed by atoms with Crippen LogP contribution in [0.5, 0.6) is 0 Å². The van der Waals surface area contributed by atoms with Crippen molar-refractivity contribution in [1.82, 2.24) is 5.32 Å². The van der Waals surface area contributed by atoms with Crippen LogP contribution in [0.2, 0.25) is 0 Å². The highest BCUT2D eigenvalue weighted by Gasteiger charge is 2.22. The van der Waals surface area contributed by atoms with Crippen LogP contribution < -0.4 is 5.32 Å². The SMILES string of the molecule is CC=CC(C)C(=O)CCNC(=O)CCC(C)(C)SSC(C)COC(=O)C(C)C. The molecule has 1 N–H and O–H groups in total. The van der Waals surface area contributed by atoms with Gasteiger partial charge < -0.3 is 10.1 Å². The zero-order chi connectivity index (χ0) is 21.7. The molecule has 0 aliphatic carbocycles. The molecule has 28 heavy (non-hydrogen) atoms. The van der Waals surface area contributed by atoms with E-state index in [2.05, 4.69) is 19.2 Å². The molecule has 0 aliphatic heterocycles. The first-order valence-corrected chi connectivity index (χ1v) is 12.1. The lowest BCUT2D eigenvalue weighted by Gasteiger charge is -2.24. The lowest BCUT2D eigenvalue weighted by atomic mass is 10.0. The summed E-state index contributed by atoms with van der Waals surface area (Å²) in [7, 11) is 3.39. The number of hydrogen-bond donors (Lipinski definition) is 1. The summed E-state index contributed by atoms with van der Waals surface area (Å²) in [4.78, 5) is 35.4. The maximum Gasteiger partial charge on any atom is 0.308 e. The van der Waals surface area contributed by atoms with E-state index in [1.807, 2.05) is 46.8 Å². The van der Waals surface area contributed by atoms with Crippen molar-refractivity contribution >= 4 is 39.2 Å². The Balaban J connectivity index is 4.06. The largest absolute Gasteiger partial charge is 0.464 e. The van der Waals surface area contributed by atoms with Gasteiger partial charge in [-0.15, -0.1) is 0 Å². The molecular weight excluding hydrogens is 394 g/mol. The molecule has 7 heteroatoms. The number of ether oxygens (including phenoxy) is 1. The highest BCUT2D eigenvalue weighted by molar-refractivity contribution is 8.77. The van der Waals surface area contributed by atoms with Crippen LogP contribution in [0.1, 0.15) is 67.7 Å². The molecule has 0 spiro atoms. The Hall–Kier alpha value is -0.950. The molecule has 2 unspecified atom stereocenters. The van der Waals surface area contributed by atoms with E-state index in [9.17, 15) is 14.4 Å². The van der Waals surface area contributed by atoms with Crippen LogP contribution in [0.4, 0.5) is 0 Å². The molecule has 0 aromatic carbocycles. The number of amides is 1. The van der Waals surface area contributed by atoms with Crippen molar-refractivity contribution in [2.24, 2.45) is 11.8 Å². The maximum absolute atomic E-state index is 12.0. The van der Waals surface area contributed by atoms with E-state index in [-0.39, 0.29) is 39.5 Å². The Morgan fingerprint density at radius 2 is 1.75 bits per heavy atom. The summed E-state index contributed by atoms with van der Waals surface area (Å²) in [6, 6.07) is 0. The number of nitrogens with one attached hydrogen (secondary N) is 1. The van der Waals surface area contributed by atoms with Crippen molar-refractivity contribution < 1.29 is 19.1 Å². The van der Waals surface area contributed by atoms with E-state index in [4.69, 9.17) is 4.74 Å². The van der Waals surface area contributed by atoms with Crippen LogP contribution in [0, 0.1) is 11.8 Å². The van der Waals surface area contributed by atoms with Gasteiger partial charge in [0.1, 0.15) is 12.4 Å². The van der Waals surface area contributed by atoms with Gasteiger partial charge >= 0.3 is 5.97 Å². The second-order valence-electron chi connectivity index (χ2n) is 7.92. The van der Waals surface area contributed by atoms with E-state index in [1.165, 1.54) is 0 Å². The minimum atomic E-state index is -0.174. The number of ketones is 1. The van der Waals surface area contributed by atoms with Gasteiger partial charge in [-0.05, 0) is 34.1 Å². The molecule has 0 aliphatic rings. The Kier molecular flexibility index (Phi) is 13.6. The van der Waals surface area contributed by atoms with Crippen LogP contribution in [-0.2, 0) is 19.1 Å². The normalized spacial score (nSPS) is 14.1. The molecule has 0 radical (unpaired) electrons. The minimum absolute atomic E-state index is 0.0240.